The maximum atomic E-state index is 12.2. The molecule has 4 aromatic rings. The number of thiophene rings is 2. The lowest BCUT2D eigenvalue weighted by Gasteiger charge is -2.05. The minimum Gasteiger partial charge on any atom is -0.456 e. The fourth-order valence-corrected chi connectivity index (χ4v) is 3.66. The quantitative estimate of drug-likeness (QED) is 0.468. The van der Waals surface area contributed by atoms with Crippen LogP contribution < -0.4 is 5.56 Å². The average Bonchev–Trinajstić information content (AvgIpc) is 3.40. The number of aryl methyl sites for hydroxylation is 1. The van der Waals surface area contributed by atoms with Crippen LogP contribution >= 0.6 is 22.7 Å². The van der Waals surface area contributed by atoms with Crippen LogP contribution in [0.2, 0.25) is 0 Å². The van der Waals surface area contributed by atoms with Crippen molar-refractivity contribution in [1.29, 1.82) is 0 Å². The predicted octanol–water partition coefficient (Wildman–Crippen LogP) is 2.70. The molecule has 0 spiro atoms. The van der Waals surface area contributed by atoms with Crippen molar-refractivity contribution in [2.24, 2.45) is 0 Å². The van der Waals surface area contributed by atoms with Gasteiger partial charge in [-0.3, -0.25) is 14.2 Å². The molecule has 0 radical (unpaired) electrons. The van der Waals surface area contributed by atoms with Crippen LogP contribution in [0, 0.1) is 0 Å². The third kappa shape index (κ3) is 3.41. The maximum absolute atomic E-state index is 12.2. The summed E-state index contributed by atoms with van der Waals surface area (Å²) in [7, 11) is 0. The number of hydrogen-bond acceptors (Lipinski definition) is 9. The zero-order valence-electron chi connectivity index (χ0n) is 13.3. The molecule has 26 heavy (non-hydrogen) atoms. The zero-order valence-corrected chi connectivity index (χ0v) is 15.0. The topological polar surface area (TPSA) is 100 Å². The third-order valence-electron chi connectivity index (χ3n) is 3.61. The number of carbonyl (C=O) groups excluding carboxylic acids is 1. The number of esters is 1. The second-order valence-corrected chi connectivity index (χ2v) is 6.99. The van der Waals surface area contributed by atoms with Crippen molar-refractivity contribution >= 4 is 38.9 Å². The zero-order chi connectivity index (χ0) is 17.9. The van der Waals surface area contributed by atoms with Crippen molar-refractivity contribution in [2.75, 3.05) is 0 Å². The first-order valence-corrected chi connectivity index (χ1v) is 9.46. The molecule has 10 heteroatoms. The van der Waals surface area contributed by atoms with Crippen molar-refractivity contribution in [3.05, 3.63) is 50.8 Å². The van der Waals surface area contributed by atoms with Crippen LogP contribution in [0.4, 0.5) is 0 Å². The maximum Gasteiger partial charge on any atom is 0.308 e. The van der Waals surface area contributed by atoms with Gasteiger partial charge in [-0.1, -0.05) is 5.16 Å². The fourth-order valence-electron chi connectivity index (χ4n) is 2.30. The number of carbonyl (C=O) groups is 1. The Hall–Kier alpha value is -2.85. The van der Waals surface area contributed by atoms with Gasteiger partial charge in [0.05, 0.1) is 18.1 Å². The summed E-state index contributed by atoms with van der Waals surface area (Å²) >= 11 is 2.93. The van der Waals surface area contributed by atoms with E-state index in [9.17, 15) is 9.59 Å². The molecule has 0 saturated heterocycles. The van der Waals surface area contributed by atoms with Gasteiger partial charge in [-0.15, -0.1) is 11.3 Å². The predicted molar refractivity (Wildman–Crippen MR) is 95.9 cm³/mol. The molecule has 4 aromatic heterocycles. The fraction of sp³-hybridized carbons (Fsp3) is 0.188. The molecule has 0 bridgehead atoms. The summed E-state index contributed by atoms with van der Waals surface area (Å²) < 4.78 is 11.6. The highest BCUT2D eigenvalue weighted by molar-refractivity contribution is 7.16. The molecule has 0 amide bonds. The van der Waals surface area contributed by atoms with E-state index >= 15 is 0 Å². The minimum absolute atomic E-state index is 0.0444. The molecule has 132 valence electrons. The first-order valence-electron chi connectivity index (χ1n) is 7.64. The Morgan fingerprint density at radius 2 is 2.23 bits per heavy atom. The highest BCUT2D eigenvalue weighted by Crippen LogP contribution is 2.19. The molecule has 0 unspecified atom stereocenters. The molecule has 4 heterocycles. The number of nitrogens with zero attached hydrogens (tertiary/aromatic N) is 4. The Morgan fingerprint density at radius 3 is 3.08 bits per heavy atom. The van der Waals surface area contributed by atoms with E-state index in [4.69, 9.17) is 9.26 Å². The highest BCUT2D eigenvalue weighted by Gasteiger charge is 2.12. The Kier molecular flexibility index (Phi) is 4.59. The van der Waals surface area contributed by atoms with Crippen LogP contribution in [0.25, 0.3) is 21.6 Å². The molecule has 0 aliphatic rings. The van der Waals surface area contributed by atoms with E-state index in [0.29, 0.717) is 16.0 Å². The van der Waals surface area contributed by atoms with Gasteiger partial charge in [-0.2, -0.15) is 16.3 Å². The van der Waals surface area contributed by atoms with E-state index in [1.165, 1.54) is 33.6 Å². The Bertz CT molecular complexity index is 1100. The van der Waals surface area contributed by atoms with Gasteiger partial charge in [0, 0.05) is 17.5 Å². The third-order valence-corrected chi connectivity index (χ3v) is 5.12. The molecule has 0 N–H and O–H groups in total. The van der Waals surface area contributed by atoms with Gasteiger partial charge in [0.1, 0.15) is 4.83 Å². The molecule has 0 aliphatic carbocycles. The monoisotopic (exact) mass is 388 g/mol. The summed E-state index contributed by atoms with van der Waals surface area (Å²) in [6, 6.07) is 3.60. The normalized spacial score (nSPS) is 11.1. The summed E-state index contributed by atoms with van der Waals surface area (Å²) in [6.07, 6.45) is 1.49. The van der Waals surface area contributed by atoms with Crippen molar-refractivity contribution < 1.29 is 14.1 Å². The number of ether oxygens (including phenoxy) is 1. The van der Waals surface area contributed by atoms with Crippen LogP contribution in [-0.4, -0.2) is 25.7 Å². The van der Waals surface area contributed by atoms with Crippen LogP contribution in [0.5, 0.6) is 0 Å². The van der Waals surface area contributed by atoms with Gasteiger partial charge in [0.15, 0.2) is 6.61 Å². The molecule has 0 saturated carbocycles. The molecule has 8 nitrogen and oxygen atoms in total. The van der Waals surface area contributed by atoms with Crippen molar-refractivity contribution in [1.82, 2.24) is 19.7 Å². The van der Waals surface area contributed by atoms with Crippen LogP contribution in [0.1, 0.15) is 12.3 Å². The van der Waals surface area contributed by atoms with E-state index in [2.05, 4.69) is 15.1 Å². The number of aromatic nitrogens is 4. The SMILES string of the molecule is O=C(CCn1cnc2sccc2c1=O)OCc1nc(-c2ccsc2)no1. The molecule has 0 aliphatic heterocycles. The molecule has 4 rings (SSSR count). The van der Waals surface area contributed by atoms with Crippen molar-refractivity contribution in [3.8, 4) is 11.4 Å². The largest absolute Gasteiger partial charge is 0.456 e. The van der Waals surface area contributed by atoms with Gasteiger partial charge >= 0.3 is 5.97 Å². The molecule has 0 aromatic carbocycles. The Morgan fingerprint density at radius 1 is 1.31 bits per heavy atom. The van der Waals surface area contributed by atoms with Crippen molar-refractivity contribution in [2.45, 2.75) is 19.6 Å². The summed E-state index contributed by atoms with van der Waals surface area (Å²) in [5, 5.41) is 10.0. The summed E-state index contributed by atoms with van der Waals surface area (Å²) in [5.74, 6) is 0.217. The Balaban J connectivity index is 1.33. The van der Waals surface area contributed by atoms with E-state index in [1.54, 1.807) is 6.07 Å². The standard InChI is InChI=1S/C16H12N4O4S2/c21-13(1-4-20-9-17-15-11(16(20)22)3-6-26-15)23-7-12-18-14(19-24-12)10-2-5-25-8-10/h2-3,5-6,8-9H,1,4,7H2. The first kappa shape index (κ1) is 16.6. The lowest BCUT2D eigenvalue weighted by molar-refractivity contribution is -0.146. The van der Waals surface area contributed by atoms with E-state index in [0.717, 1.165) is 5.56 Å². The number of fused-ring (bicyclic) bond motifs is 1. The van der Waals surface area contributed by atoms with Gasteiger partial charge in [0.2, 0.25) is 5.82 Å². The second kappa shape index (κ2) is 7.18. The van der Waals surface area contributed by atoms with E-state index in [1.807, 2.05) is 22.2 Å². The lowest BCUT2D eigenvalue weighted by Crippen LogP contribution is -2.21. The van der Waals surface area contributed by atoms with Gasteiger partial charge in [0.25, 0.3) is 11.4 Å². The highest BCUT2D eigenvalue weighted by atomic mass is 32.1. The van der Waals surface area contributed by atoms with Crippen LogP contribution in [-0.2, 0) is 22.7 Å². The van der Waals surface area contributed by atoms with Crippen LogP contribution in [0.15, 0.2) is 43.9 Å². The van der Waals surface area contributed by atoms with Crippen LogP contribution in [0.3, 0.4) is 0 Å². The molecular weight excluding hydrogens is 376 g/mol. The van der Waals surface area contributed by atoms with E-state index in [-0.39, 0.29) is 31.0 Å². The van der Waals surface area contributed by atoms with E-state index < -0.39 is 5.97 Å². The minimum atomic E-state index is -0.461. The average molecular weight is 388 g/mol. The molecule has 0 fully saturated rings. The van der Waals surface area contributed by atoms with Gasteiger partial charge in [-0.25, -0.2) is 4.98 Å². The summed E-state index contributed by atoms with van der Waals surface area (Å²) in [6.45, 7) is 0.0904. The molecule has 0 atom stereocenters. The second-order valence-electron chi connectivity index (χ2n) is 5.32. The first-order chi connectivity index (χ1) is 12.7. The van der Waals surface area contributed by atoms with Gasteiger partial charge in [-0.05, 0) is 22.9 Å². The van der Waals surface area contributed by atoms with Gasteiger partial charge < -0.3 is 9.26 Å². The number of rotatable bonds is 6. The lowest BCUT2D eigenvalue weighted by atomic mass is 10.3. The summed E-state index contributed by atoms with van der Waals surface area (Å²) in [5.41, 5.74) is 0.688. The van der Waals surface area contributed by atoms with Crippen molar-refractivity contribution in [3.63, 3.8) is 0 Å². The Labute approximate surface area is 154 Å². The molecular formula is C16H12N4O4S2. The number of hydrogen-bond donors (Lipinski definition) is 0. The smallest absolute Gasteiger partial charge is 0.308 e. The summed E-state index contributed by atoms with van der Waals surface area (Å²) in [4.78, 5) is 33.2.